The molecule has 2 aromatic carbocycles. The Bertz CT molecular complexity index is 1780. The quantitative estimate of drug-likeness (QED) is 0.291. The fraction of sp³-hybridized carbons (Fsp3) is 0.500. The van der Waals surface area contributed by atoms with Gasteiger partial charge in [-0.15, -0.1) is 0 Å². The molecule has 1 aromatic heterocycles. The normalized spacial score (nSPS) is 25.8. The Balaban J connectivity index is 1.34. The summed E-state index contributed by atoms with van der Waals surface area (Å²) in [5, 5.41) is 19.9. The average Bonchev–Trinajstić information content (AvgIpc) is 3.63. The minimum Gasteiger partial charge on any atom is -0.497 e. The largest absolute Gasteiger partial charge is 0.497 e. The number of hydrogen-bond donors (Lipinski definition) is 4. The van der Waals surface area contributed by atoms with Gasteiger partial charge in [-0.2, -0.15) is 0 Å². The van der Waals surface area contributed by atoms with Gasteiger partial charge in [0.1, 0.15) is 40.8 Å². The van der Waals surface area contributed by atoms with E-state index in [1.165, 1.54) is 4.90 Å². The molecule has 2 saturated heterocycles. The molecule has 51 heavy (non-hydrogen) atoms. The van der Waals surface area contributed by atoms with Crippen molar-refractivity contribution >= 4 is 34.8 Å². The summed E-state index contributed by atoms with van der Waals surface area (Å²) in [6.45, 7) is 6.54. The molecule has 6 rings (SSSR count). The molecule has 0 radical (unpaired) electrons. The molecule has 272 valence electrons. The molecular formula is C38H47N5O8. The highest BCUT2D eigenvalue weighted by Gasteiger charge is 2.62. The molecule has 3 aromatic rings. The van der Waals surface area contributed by atoms with E-state index >= 15 is 0 Å². The first-order valence-corrected chi connectivity index (χ1v) is 17.6. The van der Waals surface area contributed by atoms with Crippen molar-refractivity contribution in [3.63, 3.8) is 0 Å². The number of benzene rings is 2. The zero-order valence-electron chi connectivity index (χ0n) is 29.6. The first kappa shape index (κ1) is 35.9. The van der Waals surface area contributed by atoms with Crippen molar-refractivity contribution in [1.82, 2.24) is 25.8 Å². The molecule has 0 spiro atoms. The van der Waals surface area contributed by atoms with Crippen molar-refractivity contribution in [2.45, 2.75) is 88.6 Å². The van der Waals surface area contributed by atoms with Gasteiger partial charge in [-0.1, -0.05) is 30.3 Å². The van der Waals surface area contributed by atoms with E-state index < -0.39 is 53.2 Å². The lowest BCUT2D eigenvalue weighted by atomic mass is 10.1. The molecule has 5 atom stereocenters. The lowest BCUT2D eigenvalue weighted by molar-refractivity contribution is -0.146. The third-order valence-corrected chi connectivity index (χ3v) is 9.78. The third kappa shape index (κ3) is 8.19. The highest BCUT2D eigenvalue weighted by Crippen LogP contribution is 2.46. The Morgan fingerprint density at radius 3 is 2.55 bits per heavy atom. The van der Waals surface area contributed by atoms with Gasteiger partial charge in [-0.3, -0.25) is 9.59 Å². The Morgan fingerprint density at radius 1 is 1.04 bits per heavy atom. The summed E-state index contributed by atoms with van der Waals surface area (Å²) in [5.74, 6) is -1.20. The molecule has 3 heterocycles. The predicted octanol–water partition coefficient (Wildman–Crippen LogP) is 4.28. The number of methoxy groups -OCH3 is 1. The molecule has 1 unspecified atom stereocenters. The molecule has 3 aliphatic rings. The van der Waals surface area contributed by atoms with Gasteiger partial charge in [0.2, 0.25) is 11.8 Å². The van der Waals surface area contributed by atoms with E-state index in [1.807, 2.05) is 54.6 Å². The number of carboxylic acid groups (broad SMARTS) is 1. The molecule has 13 heteroatoms. The fourth-order valence-electron chi connectivity index (χ4n) is 7.07. The molecular weight excluding hydrogens is 654 g/mol. The van der Waals surface area contributed by atoms with Crippen LogP contribution in [-0.2, 0) is 19.1 Å². The number of rotatable bonds is 6. The van der Waals surface area contributed by atoms with Crippen LogP contribution in [0.25, 0.3) is 22.2 Å². The van der Waals surface area contributed by atoms with Gasteiger partial charge < -0.3 is 40.2 Å². The minimum absolute atomic E-state index is 0.0368. The fourth-order valence-corrected chi connectivity index (χ4v) is 7.07. The van der Waals surface area contributed by atoms with Crippen molar-refractivity contribution < 1.29 is 38.5 Å². The van der Waals surface area contributed by atoms with Crippen LogP contribution < -0.4 is 25.4 Å². The number of pyridine rings is 1. The van der Waals surface area contributed by atoms with E-state index in [2.05, 4.69) is 16.0 Å². The minimum atomic E-state index is -1.40. The molecule has 0 bridgehead atoms. The number of nitrogens with one attached hydrogen (secondary N) is 3. The smallest absolute Gasteiger partial charge is 0.408 e. The second-order valence-electron chi connectivity index (χ2n) is 14.6. The van der Waals surface area contributed by atoms with Crippen LogP contribution in [-0.4, -0.2) is 94.9 Å². The van der Waals surface area contributed by atoms with Gasteiger partial charge in [0.15, 0.2) is 0 Å². The third-order valence-electron chi connectivity index (χ3n) is 9.78. The standard InChI is InChI=1S/C38H47N5O8/c1-37(2,3)51-36(48)41-28-12-8-9-16-39-17-15-24-21-38(24,35(46)47)42-33(44)31-19-26(22-43(31)34(28)45)50-32-20-29(23-10-6-5-7-11-23)40-30-18-25(49-4)13-14-27(30)32/h5-7,10-11,13-14,18,20,24,26,28,31,39H,8-9,12,15-17,19,21-22H2,1-4H3,(H,41,48)(H,42,44)(H,46,47)/t24?,26-,28+,31+,38-/m1/s1. The van der Waals surface area contributed by atoms with Gasteiger partial charge in [0.25, 0.3) is 0 Å². The highest BCUT2D eigenvalue weighted by atomic mass is 16.6. The van der Waals surface area contributed by atoms with Crippen LogP contribution in [0.3, 0.4) is 0 Å². The van der Waals surface area contributed by atoms with Crippen molar-refractivity contribution in [3.8, 4) is 22.8 Å². The Morgan fingerprint density at radius 2 is 1.82 bits per heavy atom. The molecule has 13 nitrogen and oxygen atoms in total. The summed E-state index contributed by atoms with van der Waals surface area (Å²) in [6, 6.07) is 15.0. The van der Waals surface area contributed by atoms with E-state index in [-0.39, 0.29) is 18.9 Å². The van der Waals surface area contributed by atoms with E-state index in [1.54, 1.807) is 27.9 Å². The van der Waals surface area contributed by atoms with Gasteiger partial charge >= 0.3 is 12.1 Å². The predicted molar refractivity (Wildman–Crippen MR) is 189 cm³/mol. The van der Waals surface area contributed by atoms with E-state index in [0.29, 0.717) is 61.5 Å². The number of carbonyl (C=O) groups is 4. The summed E-state index contributed by atoms with van der Waals surface area (Å²) < 4.78 is 17.6. The second kappa shape index (κ2) is 14.7. The number of aliphatic carboxylic acids is 1. The zero-order valence-corrected chi connectivity index (χ0v) is 29.6. The van der Waals surface area contributed by atoms with Crippen molar-refractivity contribution in [2.24, 2.45) is 5.92 Å². The SMILES string of the molecule is COc1ccc2c(O[C@@H]3C[C@H]4C(=O)N[C@]5(C(=O)O)CC5CCNCCCC[C@H](NC(=O)OC(C)(C)C)C(=O)N4C3)cc(-c3ccccc3)nc2c1. The van der Waals surface area contributed by atoms with Crippen LogP contribution in [0.1, 0.15) is 59.3 Å². The number of alkyl carbamates (subject to hydrolysis) is 1. The first-order chi connectivity index (χ1) is 24.4. The summed E-state index contributed by atoms with van der Waals surface area (Å²) >= 11 is 0. The van der Waals surface area contributed by atoms with Crippen LogP contribution in [0.4, 0.5) is 4.79 Å². The van der Waals surface area contributed by atoms with Crippen LogP contribution in [0, 0.1) is 5.92 Å². The number of aromatic nitrogens is 1. The van der Waals surface area contributed by atoms with Crippen LogP contribution >= 0.6 is 0 Å². The van der Waals surface area contributed by atoms with Crippen LogP contribution in [0.15, 0.2) is 54.6 Å². The first-order valence-electron chi connectivity index (χ1n) is 17.6. The van der Waals surface area contributed by atoms with Gasteiger partial charge in [0.05, 0.1) is 24.9 Å². The summed E-state index contributed by atoms with van der Waals surface area (Å²) in [4.78, 5) is 60.2. The second-order valence-corrected chi connectivity index (χ2v) is 14.6. The average molecular weight is 702 g/mol. The zero-order chi connectivity index (χ0) is 36.3. The maximum Gasteiger partial charge on any atom is 0.408 e. The number of fused-ring (bicyclic) bond motifs is 3. The maximum atomic E-state index is 14.4. The van der Waals surface area contributed by atoms with E-state index in [9.17, 15) is 24.3 Å². The molecule has 1 aliphatic carbocycles. The van der Waals surface area contributed by atoms with Gasteiger partial charge in [0, 0.05) is 29.5 Å². The molecule has 3 amide bonds. The highest BCUT2D eigenvalue weighted by molar-refractivity contribution is 5.96. The molecule has 4 N–H and O–H groups in total. The van der Waals surface area contributed by atoms with Crippen molar-refractivity contribution in [3.05, 3.63) is 54.6 Å². The number of carbonyl (C=O) groups excluding carboxylic acids is 3. The Hall–Kier alpha value is -4.91. The van der Waals surface area contributed by atoms with Crippen molar-refractivity contribution in [2.75, 3.05) is 26.7 Å². The topological polar surface area (TPSA) is 168 Å². The monoisotopic (exact) mass is 701 g/mol. The van der Waals surface area contributed by atoms with Gasteiger partial charge in [-0.25, -0.2) is 14.6 Å². The summed E-state index contributed by atoms with van der Waals surface area (Å²) in [6.07, 6.45) is 1.34. The van der Waals surface area contributed by atoms with Crippen LogP contribution in [0.2, 0.25) is 0 Å². The molecule has 2 aliphatic heterocycles. The van der Waals surface area contributed by atoms with Gasteiger partial charge in [-0.05, 0) is 84.0 Å². The maximum absolute atomic E-state index is 14.4. The molecule has 1 saturated carbocycles. The Kier molecular flexibility index (Phi) is 10.4. The Labute approximate surface area is 297 Å². The number of nitrogens with zero attached hydrogens (tertiary/aromatic N) is 2. The van der Waals surface area contributed by atoms with E-state index in [4.69, 9.17) is 19.2 Å². The number of amides is 3. The number of carboxylic acids is 1. The summed E-state index contributed by atoms with van der Waals surface area (Å²) in [5.41, 5.74) is 0.0169. The van der Waals surface area contributed by atoms with Crippen molar-refractivity contribution in [1.29, 1.82) is 0 Å². The van der Waals surface area contributed by atoms with E-state index in [0.717, 1.165) is 17.4 Å². The molecule has 3 fully saturated rings. The summed E-state index contributed by atoms with van der Waals surface area (Å²) in [7, 11) is 1.58. The van der Waals surface area contributed by atoms with Crippen LogP contribution in [0.5, 0.6) is 11.5 Å². The lowest BCUT2D eigenvalue weighted by Crippen LogP contribution is -2.56. The number of hydrogen-bond acceptors (Lipinski definition) is 9. The lowest BCUT2D eigenvalue weighted by Gasteiger charge is -2.30. The number of ether oxygens (including phenoxy) is 3.